The van der Waals surface area contributed by atoms with Crippen LogP contribution >= 0.6 is 23.1 Å². The van der Waals surface area contributed by atoms with Gasteiger partial charge < -0.3 is 14.8 Å². The van der Waals surface area contributed by atoms with E-state index < -0.39 is 0 Å². The Balaban J connectivity index is 1.79. The molecular formula is C20H21N3O2S2. The van der Waals surface area contributed by atoms with Gasteiger partial charge in [0.1, 0.15) is 5.00 Å². The summed E-state index contributed by atoms with van der Waals surface area (Å²) in [5.74, 6) is -0.134. The molecule has 0 aliphatic rings. The molecule has 0 atom stereocenters. The Morgan fingerprint density at radius 3 is 2.30 bits per heavy atom. The molecule has 0 saturated carbocycles. The zero-order valence-corrected chi connectivity index (χ0v) is 17.3. The number of nitrogens with zero attached hydrogens (tertiary/aromatic N) is 2. The minimum absolute atomic E-state index is 0.0347. The Hall–Kier alpha value is -2.51. The number of carbonyl (C=O) groups excluding carboxylic acids is 2. The zero-order chi connectivity index (χ0) is 19.6. The summed E-state index contributed by atoms with van der Waals surface area (Å²) in [6, 6.07) is 11.2. The Morgan fingerprint density at radius 2 is 1.70 bits per heavy atom. The summed E-state index contributed by atoms with van der Waals surface area (Å²) in [6.07, 6.45) is 3.88. The maximum Gasteiger partial charge on any atom is 0.285 e. The molecule has 0 unspecified atom stereocenters. The number of thioether (sulfide) groups is 1. The largest absolute Gasteiger partial charge is 0.339 e. The lowest BCUT2D eigenvalue weighted by Gasteiger charge is -2.10. The van der Waals surface area contributed by atoms with E-state index in [1.54, 1.807) is 25.4 Å². The van der Waals surface area contributed by atoms with Crippen LogP contribution in [0.15, 0.2) is 53.7 Å². The van der Waals surface area contributed by atoms with Crippen molar-refractivity contribution in [1.82, 2.24) is 9.47 Å². The molecule has 140 valence electrons. The number of aryl methyl sites for hydroxylation is 1. The van der Waals surface area contributed by atoms with Gasteiger partial charge in [0.2, 0.25) is 0 Å². The molecule has 0 aliphatic carbocycles. The third kappa shape index (κ3) is 4.26. The summed E-state index contributed by atoms with van der Waals surface area (Å²) in [5, 5.41) is 3.85. The molecule has 2 amide bonds. The molecule has 0 aliphatic heterocycles. The molecule has 2 heterocycles. The van der Waals surface area contributed by atoms with Crippen molar-refractivity contribution in [1.29, 1.82) is 0 Å². The van der Waals surface area contributed by atoms with Gasteiger partial charge in [-0.1, -0.05) is 0 Å². The maximum atomic E-state index is 12.9. The van der Waals surface area contributed by atoms with Crippen molar-refractivity contribution < 1.29 is 9.59 Å². The number of benzene rings is 1. The van der Waals surface area contributed by atoms with Gasteiger partial charge in [-0.15, -0.1) is 11.3 Å². The van der Waals surface area contributed by atoms with E-state index in [0.29, 0.717) is 11.3 Å². The number of rotatable bonds is 4. The van der Waals surface area contributed by atoms with Gasteiger partial charge in [0.25, 0.3) is 11.1 Å². The number of hydrogen-bond acceptors (Lipinski definition) is 4. The maximum absolute atomic E-state index is 12.9. The first-order chi connectivity index (χ1) is 12.9. The second kappa shape index (κ2) is 8.02. The average Bonchev–Trinajstić information content (AvgIpc) is 3.25. The van der Waals surface area contributed by atoms with Crippen LogP contribution in [0.1, 0.15) is 20.8 Å². The molecule has 0 saturated heterocycles. The number of aromatic nitrogens is 1. The molecule has 2 aromatic heterocycles. The molecule has 0 radical (unpaired) electrons. The van der Waals surface area contributed by atoms with E-state index in [9.17, 15) is 9.59 Å². The molecular weight excluding hydrogens is 378 g/mol. The van der Waals surface area contributed by atoms with Crippen LogP contribution in [0.4, 0.5) is 10.5 Å². The Labute approximate surface area is 167 Å². The molecule has 7 heteroatoms. The van der Waals surface area contributed by atoms with E-state index in [4.69, 9.17) is 0 Å². The first kappa shape index (κ1) is 19.3. The molecule has 1 aromatic carbocycles. The van der Waals surface area contributed by atoms with Gasteiger partial charge in [0.15, 0.2) is 0 Å². The number of nitrogens with one attached hydrogen (secondary N) is 1. The molecule has 1 N–H and O–H groups in total. The van der Waals surface area contributed by atoms with E-state index in [1.807, 2.05) is 67.2 Å². The predicted octanol–water partition coefficient (Wildman–Crippen LogP) is 5.18. The van der Waals surface area contributed by atoms with Gasteiger partial charge in [0, 0.05) is 41.9 Å². The highest BCUT2D eigenvalue weighted by Gasteiger charge is 2.20. The van der Waals surface area contributed by atoms with Crippen molar-refractivity contribution in [2.75, 3.05) is 19.4 Å². The normalized spacial score (nSPS) is 10.7. The molecule has 3 rings (SSSR count). The first-order valence-corrected chi connectivity index (χ1v) is 10.0. The van der Waals surface area contributed by atoms with E-state index in [0.717, 1.165) is 32.1 Å². The smallest absolute Gasteiger partial charge is 0.285 e. The lowest BCUT2D eigenvalue weighted by molar-refractivity contribution is 0.102. The van der Waals surface area contributed by atoms with E-state index in [-0.39, 0.29) is 11.1 Å². The fourth-order valence-electron chi connectivity index (χ4n) is 2.52. The summed E-state index contributed by atoms with van der Waals surface area (Å²) in [5.41, 5.74) is 2.38. The van der Waals surface area contributed by atoms with Crippen LogP contribution in [0.2, 0.25) is 0 Å². The van der Waals surface area contributed by atoms with Gasteiger partial charge in [-0.25, -0.2) is 0 Å². The van der Waals surface area contributed by atoms with Crippen molar-refractivity contribution in [3.05, 3.63) is 64.8 Å². The quantitative estimate of drug-likeness (QED) is 0.615. The summed E-state index contributed by atoms with van der Waals surface area (Å²) in [7, 11) is 3.44. The van der Waals surface area contributed by atoms with Gasteiger partial charge in [0.05, 0.1) is 5.56 Å². The minimum atomic E-state index is -0.134. The number of thiophene rings is 1. The second-order valence-electron chi connectivity index (χ2n) is 6.29. The number of carbonyl (C=O) groups is 2. The van der Waals surface area contributed by atoms with Crippen molar-refractivity contribution in [2.45, 2.75) is 18.7 Å². The van der Waals surface area contributed by atoms with Gasteiger partial charge in [-0.2, -0.15) is 0 Å². The van der Waals surface area contributed by atoms with Gasteiger partial charge in [-0.3, -0.25) is 9.59 Å². The Morgan fingerprint density at radius 1 is 1.07 bits per heavy atom. The summed E-state index contributed by atoms with van der Waals surface area (Å²) in [6.45, 7) is 4.00. The van der Waals surface area contributed by atoms with Crippen molar-refractivity contribution in [2.24, 2.45) is 0 Å². The standard InChI is InChI=1S/C20H21N3O2S2/c1-13-14(2)26-19(23-11-5-6-12-23)17(13)18(24)21-15-7-9-16(10-8-15)27-20(25)22(3)4/h5-12H,1-4H3,(H,21,24). The van der Waals surface area contributed by atoms with E-state index in [2.05, 4.69) is 5.32 Å². The number of hydrogen-bond donors (Lipinski definition) is 1. The third-order valence-electron chi connectivity index (χ3n) is 4.12. The predicted molar refractivity (Wildman–Crippen MR) is 112 cm³/mol. The van der Waals surface area contributed by atoms with E-state index in [1.165, 1.54) is 4.90 Å². The monoisotopic (exact) mass is 399 g/mol. The SMILES string of the molecule is Cc1sc(-n2cccc2)c(C(=O)Nc2ccc(SC(=O)N(C)C)cc2)c1C. The van der Waals surface area contributed by atoms with Crippen LogP contribution in [0.5, 0.6) is 0 Å². The third-order valence-corrected chi connectivity index (χ3v) is 6.38. The molecule has 0 fully saturated rings. The highest BCUT2D eigenvalue weighted by molar-refractivity contribution is 8.13. The minimum Gasteiger partial charge on any atom is -0.339 e. The Bertz CT molecular complexity index is 958. The van der Waals surface area contributed by atoms with Crippen LogP contribution in [0.25, 0.3) is 5.00 Å². The van der Waals surface area contributed by atoms with Crippen LogP contribution in [-0.4, -0.2) is 34.7 Å². The summed E-state index contributed by atoms with van der Waals surface area (Å²) in [4.78, 5) is 28.2. The van der Waals surface area contributed by atoms with E-state index >= 15 is 0 Å². The lowest BCUT2D eigenvalue weighted by Crippen LogP contribution is -2.16. The Kier molecular flexibility index (Phi) is 5.72. The number of anilines is 1. The summed E-state index contributed by atoms with van der Waals surface area (Å²) >= 11 is 2.76. The molecule has 5 nitrogen and oxygen atoms in total. The fourth-order valence-corrected chi connectivity index (χ4v) is 4.30. The first-order valence-electron chi connectivity index (χ1n) is 8.40. The van der Waals surface area contributed by atoms with Crippen LogP contribution in [-0.2, 0) is 0 Å². The lowest BCUT2D eigenvalue weighted by atomic mass is 10.1. The van der Waals surface area contributed by atoms with Crippen LogP contribution in [0, 0.1) is 13.8 Å². The number of amides is 2. The summed E-state index contributed by atoms with van der Waals surface area (Å²) < 4.78 is 1.96. The topological polar surface area (TPSA) is 54.3 Å². The molecule has 0 bridgehead atoms. The van der Waals surface area contributed by atoms with Gasteiger partial charge >= 0.3 is 0 Å². The average molecular weight is 400 g/mol. The highest BCUT2D eigenvalue weighted by atomic mass is 32.2. The van der Waals surface area contributed by atoms with Crippen LogP contribution < -0.4 is 5.32 Å². The molecule has 0 spiro atoms. The van der Waals surface area contributed by atoms with Crippen molar-refractivity contribution >= 4 is 39.9 Å². The fraction of sp³-hybridized carbons (Fsp3) is 0.200. The van der Waals surface area contributed by atoms with Crippen LogP contribution in [0.3, 0.4) is 0 Å². The van der Waals surface area contributed by atoms with Crippen molar-refractivity contribution in [3.8, 4) is 5.00 Å². The van der Waals surface area contributed by atoms with Crippen molar-refractivity contribution in [3.63, 3.8) is 0 Å². The highest BCUT2D eigenvalue weighted by Crippen LogP contribution is 2.32. The molecule has 3 aromatic rings. The van der Waals surface area contributed by atoms with Gasteiger partial charge in [-0.05, 0) is 67.6 Å². The molecule has 27 heavy (non-hydrogen) atoms. The zero-order valence-electron chi connectivity index (χ0n) is 15.6. The second-order valence-corrected chi connectivity index (χ2v) is 8.52.